The van der Waals surface area contributed by atoms with E-state index in [0.717, 1.165) is 31.9 Å². The molecule has 1 N–H and O–H groups in total. The van der Waals surface area contributed by atoms with Gasteiger partial charge in [0.05, 0.1) is 15.8 Å². The molecule has 20 heavy (non-hydrogen) atoms. The molecule has 0 unspecified atom stereocenters. The highest BCUT2D eigenvalue weighted by molar-refractivity contribution is 7.21. The number of hydrogen-bond acceptors (Lipinski definition) is 3. The van der Waals surface area contributed by atoms with Crippen molar-refractivity contribution in [3.8, 4) is 16.3 Å². The first-order valence-corrected chi connectivity index (χ1v) is 7.30. The standard InChI is InChI=1S/C17H15NOS/c1-3-6-12-9-11(2)10-13(16(12)19)17-18-14-7-4-5-8-15(14)20-17/h3-5,7-10,19H,1,6H2,2H3. The zero-order valence-electron chi connectivity index (χ0n) is 11.3. The molecule has 3 rings (SSSR count). The van der Waals surface area contributed by atoms with Crippen molar-refractivity contribution in [1.29, 1.82) is 0 Å². The van der Waals surface area contributed by atoms with E-state index < -0.39 is 0 Å². The fourth-order valence-electron chi connectivity index (χ4n) is 2.32. The van der Waals surface area contributed by atoms with Crippen molar-refractivity contribution in [2.24, 2.45) is 0 Å². The number of fused-ring (bicyclic) bond motifs is 1. The number of hydrogen-bond donors (Lipinski definition) is 1. The van der Waals surface area contributed by atoms with Crippen LogP contribution in [0.1, 0.15) is 11.1 Å². The Morgan fingerprint density at radius 1 is 1.30 bits per heavy atom. The summed E-state index contributed by atoms with van der Waals surface area (Å²) < 4.78 is 1.13. The van der Waals surface area contributed by atoms with E-state index in [2.05, 4.69) is 11.6 Å². The zero-order valence-corrected chi connectivity index (χ0v) is 12.1. The average Bonchev–Trinajstić information content (AvgIpc) is 2.86. The molecule has 2 aromatic carbocycles. The molecule has 0 aliphatic carbocycles. The van der Waals surface area contributed by atoms with Gasteiger partial charge >= 0.3 is 0 Å². The third kappa shape index (κ3) is 2.21. The molecule has 0 saturated carbocycles. The molecular weight excluding hydrogens is 266 g/mol. The predicted octanol–water partition coefficient (Wildman–Crippen LogP) is 4.71. The molecule has 1 heterocycles. The molecular formula is C17H15NOS. The monoisotopic (exact) mass is 281 g/mol. The van der Waals surface area contributed by atoms with Gasteiger partial charge in [-0.2, -0.15) is 0 Å². The van der Waals surface area contributed by atoms with E-state index >= 15 is 0 Å². The number of thiazole rings is 1. The van der Waals surface area contributed by atoms with Crippen LogP contribution in [0.5, 0.6) is 5.75 Å². The van der Waals surface area contributed by atoms with Crippen molar-refractivity contribution in [2.45, 2.75) is 13.3 Å². The maximum absolute atomic E-state index is 10.4. The second-order valence-corrected chi connectivity index (χ2v) is 5.83. The molecule has 0 saturated heterocycles. The first kappa shape index (κ1) is 12.9. The largest absolute Gasteiger partial charge is 0.507 e. The summed E-state index contributed by atoms with van der Waals surface area (Å²) in [6, 6.07) is 12.0. The molecule has 0 amide bonds. The van der Waals surface area contributed by atoms with Crippen molar-refractivity contribution in [3.05, 3.63) is 60.2 Å². The smallest absolute Gasteiger partial charge is 0.129 e. The van der Waals surface area contributed by atoms with Crippen molar-refractivity contribution in [2.75, 3.05) is 0 Å². The highest BCUT2D eigenvalue weighted by Gasteiger charge is 2.13. The van der Waals surface area contributed by atoms with Crippen LogP contribution in [-0.2, 0) is 6.42 Å². The van der Waals surface area contributed by atoms with E-state index in [4.69, 9.17) is 0 Å². The number of rotatable bonds is 3. The molecule has 0 aliphatic heterocycles. The summed E-state index contributed by atoms with van der Waals surface area (Å²) in [6.07, 6.45) is 2.46. The number of aromatic hydroxyl groups is 1. The number of benzene rings is 2. The van der Waals surface area contributed by atoms with Crippen LogP contribution < -0.4 is 0 Å². The molecule has 0 bridgehead atoms. The third-order valence-electron chi connectivity index (χ3n) is 3.22. The highest BCUT2D eigenvalue weighted by atomic mass is 32.1. The van der Waals surface area contributed by atoms with Crippen LogP contribution >= 0.6 is 11.3 Å². The van der Waals surface area contributed by atoms with Crippen LogP contribution in [0.2, 0.25) is 0 Å². The molecule has 1 aromatic heterocycles. The van der Waals surface area contributed by atoms with E-state index in [1.807, 2.05) is 43.3 Å². The van der Waals surface area contributed by atoms with Gasteiger partial charge in [-0.05, 0) is 42.7 Å². The number of allylic oxidation sites excluding steroid dienone is 1. The van der Waals surface area contributed by atoms with Gasteiger partial charge in [-0.25, -0.2) is 4.98 Å². The number of phenolic OH excluding ortho intramolecular Hbond substituents is 1. The summed E-state index contributed by atoms with van der Waals surface area (Å²) >= 11 is 1.60. The SMILES string of the molecule is C=CCc1cc(C)cc(-c2nc3ccccc3s2)c1O. The minimum Gasteiger partial charge on any atom is -0.507 e. The second-order valence-electron chi connectivity index (χ2n) is 4.80. The average molecular weight is 281 g/mol. The summed E-state index contributed by atoms with van der Waals surface area (Å²) in [6.45, 7) is 5.77. The number of aryl methyl sites for hydroxylation is 1. The fraction of sp³-hybridized carbons (Fsp3) is 0.118. The van der Waals surface area contributed by atoms with Crippen molar-refractivity contribution in [1.82, 2.24) is 4.98 Å². The Bertz CT molecular complexity index is 756. The van der Waals surface area contributed by atoms with Gasteiger partial charge in [0.1, 0.15) is 10.8 Å². The Morgan fingerprint density at radius 3 is 2.85 bits per heavy atom. The summed E-state index contributed by atoms with van der Waals surface area (Å²) in [5, 5.41) is 11.3. The quantitative estimate of drug-likeness (QED) is 0.705. The Kier molecular flexibility index (Phi) is 3.28. The number of phenols is 1. The Morgan fingerprint density at radius 2 is 2.10 bits per heavy atom. The van der Waals surface area contributed by atoms with Crippen LogP contribution in [0.25, 0.3) is 20.8 Å². The maximum atomic E-state index is 10.4. The van der Waals surface area contributed by atoms with Gasteiger partial charge in [0.25, 0.3) is 0 Å². The van der Waals surface area contributed by atoms with Crippen molar-refractivity contribution >= 4 is 21.6 Å². The third-order valence-corrected chi connectivity index (χ3v) is 4.29. The van der Waals surface area contributed by atoms with Gasteiger partial charge in [-0.1, -0.05) is 24.3 Å². The Labute approximate surface area is 122 Å². The van der Waals surface area contributed by atoms with Gasteiger partial charge in [0.2, 0.25) is 0 Å². The lowest BCUT2D eigenvalue weighted by atomic mass is 10.0. The summed E-state index contributed by atoms with van der Waals surface area (Å²) in [5.74, 6) is 0.314. The van der Waals surface area contributed by atoms with Gasteiger partial charge in [0.15, 0.2) is 0 Å². The van der Waals surface area contributed by atoms with Crippen LogP contribution in [-0.4, -0.2) is 10.1 Å². The number of nitrogens with zero attached hydrogens (tertiary/aromatic N) is 1. The molecule has 0 spiro atoms. The van der Waals surface area contributed by atoms with E-state index in [9.17, 15) is 5.11 Å². The molecule has 3 heteroatoms. The molecule has 100 valence electrons. The molecule has 3 aromatic rings. The molecule has 0 radical (unpaired) electrons. The second kappa shape index (κ2) is 5.10. The molecule has 0 fully saturated rings. The normalized spacial score (nSPS) is 10.8. The summed E-state index contributed by atoms with van der Waals surface area (Å²) in [4.78, 5) is 4.62. The van der Waals surface area contributed by atoms with Crippen molar-refractivity contribution in [3.63, 3.8) is 0 Å². The minimum atomic E-state index is 0.314. The zero-order chi connectivity index (χ0) is 14.1. The lowest BCUT2D eigenvalue weighted by Crippen LogP contribution is -1.88. The van der Waals surface area contributed by atoms with Crippen LogP contribution in [0.4, 0.5) is 0 Å². The van der Waals surface area contributed by atoms with E-state index in [1.165, 1.54) is 0 Å². The van der Waals surface area contributed by atoms with E-state index in [0.29, 0.717) is 12.2 Å². The van der Waals surface area contributed by atoms with Crippen LogP contribution in [0.15, 0.2) is 49.1 Å². The number of aromatic nitrogens is 1. The summed E-state index contributed by atoms with van der Waals surface area (Å²) in [5.41, 5.74) is 3.80. The van der Waals surface area contributed by atoms with Crippen LogP contribution in [0.3, 0.4) is 0 Å². The first-order valence-electron chi connectivity index (χ1n) is 6.48. The van der Waals surface area contributed by atoms with Gasteiger partial charge in [0, 0.05) is 0 Å². The van der Waals surface area contributed by atoms with E-state index in [-0.39, 0.29) is 0 Å². The predicted molar refractivity (Wildman–Crippen MR) is 85.4 cm³/mol. The molecule has 2 nitrogen and oxygen atoms in total. The van der Waals surface area contributed by atoms with E-state index in [1.54, 1.807) is 17.4 Å². The molecule has 0 atom stereocenters. The number of para-hydroxylation sites is 1. The lowest BCUT2D eigenvalue weighted by molar-refractivity contribution is 0.471. The first-order chi connectivity index (χ1) is 9.69. The van der Waals surface area contributed by atoms with Gasteiger partial charge in [-0.3, -0.25) is 0 Å². The Hall–Kier alpha value is -2.13. The lowest BCUT2D eigenvalue weighted by Gasteiger charge is -2.08. The van der Waals surface area contributed by atoms with Gasteiger partial charge < -0.3 is 5.11 Å². The summed E-state index contributed by atoms with van der Waals surface area (Å²) in [7, 11) is 0. The van der Waals surface area contributed by atoms with Crippen molar-refractivity contribution < 1.29 is 5.11 Å². The molecule has 0 aliphatic rings. The Balaban J connectivity index is 2.20. The van der Waals surface area contributed by atoms with Gasteiger partial charge in [-0.15, -0.1) is 17.9 Å². The fourth-order valence-corrected chi connectivity index (χ4v) is 3.30. The topological polar surface area (TPSA) is 33.1 Å². The minimum absolute atomic E-state index is 0.314. The highest BCUT2D eigenvalue weighted by Crippen LogP contribution is 2.38. The van der Waals surface area contributed by atoms with Crippen LogP contribution in [0, 0.1) is 6.92 Å². The maximum Gasteiger partial charge on any atom is 0.129 e.